The number of nitrogens with one attached hydrogen (secondary N) is 1. The number of imide groups is 1. The molecular weight excluding hydrogens is 508 g/mol. The fourth-order valence-electron chi connectivity index (χ4n) is 3.65. The van der Waals surface area contributed by atoms with Gasteiger partial charge in [0.15, 0.2) is 21.2 Å². The molecule has 0 spiro atoms. The molecule has 0 aliphatic carbocycles. The van der Waals surface area contributed by atoms with Crippen LogP contribution >= 0.6 is 21.2 Å². The summed E-state index contributed by atoms with van der Waals surface area (Å²) < 4.78 is 24.8. The smallest absolute Gasteiger partial charge is 0.259 e. The van der Waals surface area contributed by atoms with Gasteiger partial charge in [0.05, 0.1) is 9.13 Å². The van der Waals surface area contributed by atoms with Gasteiger partial charge in [-0.05, 0) is 24.6 Å². The summed E-state index contributed by atoms with van der Waals surface area (Å²) in [4.78, 5) is 24.1. The molecule has 0 radical (unpaired) electrons. The molecule has 0 aromatic heterocycles. The molecule has 0 aliphatic heterocycles. The first kappa shape index (κ1) is 27.9. The SMILES string of the molecule is CCCCCCCCCCCCCCCCCC(=O)NC(=O)c1cc(F)ccc1I=O. The molecule has 2 amide bonds. The number of rotatable bonds is 18. The fraction of sp³-hybridized carbons (Fsp3) is 0.680. The van der Waals surface area contributed by atoms with Gasteiger partial charge in [0, 0.05) is 6.42 Å². The Morgan fingerprint density at radius 1 is 0.806 bits per heavy atom. The molecule has 1 aromatic carbocycles. The van der Waals surface area contributed by atoms with Gasteiger partial charge in [-0.25, -0.2) is 4.39 Å². The van der Waals surface area contributed by atoms with Gasteiger partial charge in [-0.3, -0.25) is 18.0 Å². The third kappa shape index (κ3) is 13.8. The number of carbonyl (C=O) groups excluding carboxylic acids is 2. The van der Waals surface area contributed by atoms with Gasteiger partial charge >= 0.3 is 0 Å². The molecule has 0 aliphatic rings. The Labute approximate surface area is 197 Å². The van der Waals surface area contributed by atoms with Crippen LogP contribution in [0.25, 0.3) is 0 Å². The zero-order chi connectivity index (χ0) is 22.7. The van der Waals surface area contributed by atoms with Crippen molar-refractivity contribution in [1.29, 1.82) is 0 Å². The molecule has 0 saturated carbocycles. The maximum absolute atomic E-state index is 13.3. The number of hydrogen-bond donors (Lipinski definition) is 1. The highest BCUT2D eigenvalue weighted by atomic mass is 127. The maximum Gasteiger partial charge on any atom is 0.259 e. The maximum atomic E-state index is 13.3. The zero-order valence-electron chi connectivity index (χ0n) is 19.0. The molecule has 0 fully saturated rings. The van der Waals surface area contributed by atoms with Crippen LogP contribution < -0.4 is 5.32 Å². The second-order valence-electron chi connectivity index (χ2n) is 8.28. The summed E-state index contributed by atoms with van der Waals surface area (Å²) in [6.07, 6.45) is 19.1. The van der Waals surface area contributed by atoms with E-state index in [2.05, 4.69) is 12.2 Å². The minimum Gasteiger partial charge on any atom is -0.292 e. The summed E-state index contributed by atoms with van der Waals surface area (Å²) in [5, 5.41) is 2.28. The van der Waals surface area contributed by atoms with Crippen LogP contribution in [0.5, 0.6) is 0 Å². The van der Waals surface area contributed by atoms with Crippen molar-refractivity contribution in [3.05, 3.63) is 33.1 Å². The van der Waals surface area contributed by atoms with Crippen molar-refractivity contribution in [3.63, 3.8) is 0 Å². The Morgan fingerprint density at radius 3 is 1.77 bits per heavy atom. The van der Waals surface area contributed by atoms with E-state index in [1.165, 1.54) is 89.2 Å². The van der Waals surface area contributed by atoms with Gasteiger partial charge in [-0.15, -0.1) is 0 Å². The highest BCUT2D eigenvalue weighted by molar-refractivity contribution is 14.1. The first-order chi connectivity index (χ1) is 15.1. The van der Waals surface area contributed by atoms with Crippen LogP contribution in [0, 0.1) is 9.39 Å². The van der Waals surface area contributed by atoms with Gasteiger partial charge in [-0.2, -0.15) is 0 Å². The summed E-state index contributed by atoms with van der Waals surface area (Å²) in [5.41, 5.74) is -0.00681. The molecule has 1 rings (SSSR count). The Kier molecular flexibility index (Phi) is 16.5. The van der Waals surface area contributed by atoms with Crippen LogP contribution in [0.4, 0.5) is 4.39 Å². The fourth-order valence-corrected chi connectivity index (χ4v) is 4.62. The Hall–Kier alpha value is -1.18. The van der Waals surface area contributed by atoms with Crippen molar-refractivity contribution in [3.8, 4) is 0 Å². The number of amides is 2. The van der Waals surface area contributed by atoms with E-state index in [-0.39, 0.29) is 17.9 Å². The topological polar surface area (TPSA) is 63.2 Å². The lowest BCUT2D eigenvalue weighted by molar-refractivity contribution is -0.120. The largest absolute Gasteiger partial charge is 0.292 e. The quantitative estimate of drug-likeness (QED) is 0.151. The summed E-state index contributed by atoms with van der Waals surface area (Å²) >= 11 is -1.60. The zero-order valence-corrected chi connectivity index (χ0v) is 21.2. The minimum absolute atomic E-state index is 0.00681. The number of unbranched alkanes of at least 4 members (excludes halogenated alkanes) is 14. The van der Waals surface area contributed by atoms with E-state index in [4.69, 9.17) is 0 Å². The monoisotopic (exact) mass is 547 g/mol. The predicted octanol–water partition coefficient (Wildman–Crippen LogP) is 7.83. The summed E-state index contributed by atoms with van der Waals surface area (Å²) in [5.74, 6) is -1.61. The second-order valence-corrected chi connectivity index (χ2v) is 9.88. The van der Waals surface area contributed by atoms with Crippen molar-refractivity contribution in [2.45, 2.75) is 110 Å². The molecule has 1 N–H and O–H groups in total. The third-order valence-electron chi connectivity index (χ3n) is 5.52. The third-order valence-corrected chi connectivity index (χ3v) is 6.93. The Balaban J connectivity index is 1.99. The predicted molar refractivity (Wildman–Crippen MR) is 132 cm³/mol. The highest BCUT2D eigenvalue weighted by Gasteiger charge is 2.15. The van der Waals surface area contributed by atoms with E-state index in [9.17, 15) is 17.0 Å². The normalized spacial score (nSPS) is 10.9. The number of carbonyl (C=O) groups is 2. The van der Waals surface area contributed by atoms with E-state index in [0.717, 1.165) is 25.3 Å². The van der Waals surface area contributed by atoms with Gasteiger partial charge in [0.25, 0.3) is 5.91 Å². The van der Waals surface area contributed by atoms with Crippen LogP contribution in [-0.2, 0) is 7.86 Å². The number of hydrogen-bond acceptors (Lipinski definition) is 3. The molecule has 6 heteroatoms. The lowest BCUT2D eigenvalue weighted by Crippen LogP contribution is -2.30. The highest BCUT2D eigenvalue weighted by Crippen LogP contribution is 2.18. The summed E-state index contributed by atoms with van der Waals surface area (Å²) in [7, 11) is 0. The van der Waals surface area contributed by atoms with E-state index in [1.54, 1.807) is 0 Å². The van der Waals surface area contributed by atoms with E-state index in [0.29, 0.717) is 3.57 Å². The van der Waals surface area contributed by atoms with Gasteiger partial charge < -0.3 is 0 Å². The standard InChI is InChI=1S/C25H39FINO3/c1-2-3-4-5-6-7-8-9-10-11-12-13-14-15-16-17-24(29)28-25(30)22-20-21(26)18-19-23(22)27-31/h18-20H,2-17H2,1H3,(H,28,29,30). The van der Waals surface area contributed by atoms with E-state index in [1.807, 2.05) is 0 Å². The number of halogens is 2. The first-order valence-corrected chi connectivity index (χ1v) is 13.9. The minimum atomic E-state index is -1.60. The second kappa shape index (κ2) is 18.4. The molecule has 0 heterocycles. The van der Waals surface area contributed by atoms with Crippen molar-refractivity contribution in [1.82, 2.24) is 5.32 Å². The summed E-state index contributed by atoms with van der Waals surface area (Å²) in [6.45, 7) is 2.25. The molecular formula is C25H39FINO3. The van der Waals surface area contributed by atoms with Crippen molar-refractivity contribution < 1.29 is 17.0 Å². The van der Waals surface area contributed by atoms with Crippen molar-refractivity contribution in [2.75, 3.05) is 0 Å². The van der Waals surface area contributed by atoms with Crippen LogP contribution in [0.1, 0.15) is 120 Å². The van der Waals surface area contributed by atoms with E-state index < -0.39 is 32.9 Å². The molecule has 0 saturated heterocycles. The molecule has 176 valence electrons. The van der Waals surface area contributed by atoms with Crippen LogP contribution in [-0.4, -0.2) is 11.8 Å². The van der Waals surface area contributed by atoms with Gasteiger partial charge in [-0.1, -0.05) is 96.8 Å². The van der Waals surface area contributed by atoms with Crippen molar-refractivity contribution >= 4 is 33.0 Å². The van der Waals surface area contributed by atoms with Crippen LogP contribution in [0.15, 0.2) is 18.2 Å². The average molecular weight is 547 g/mol. The Morgan fingerprint density at radius 2 is 1.29 bits per heavy atom. The molecule has 31 heavy (non-hydrogen) atoms. The molecule has 4 nitrogen and oxygen atoms in total. The lowest BCUT2D eigenvalue weighted by Gasteiger charge is -2.06. The van der Waals surface area contributed by atoms with E-state index >= 15 is 0 Å². The van der Waals surface area contributed by atoms with Gasteiger partial charge in [0.2, 0.25) is 5.91 Å². The number of benzene rings is 1. The van der Waals surface area contributed by atoms with Crippen LogP contribution in [0.3, 0.4) is 0 Å². The molecule has 0 unspecified atom stereocenters. The summed E-state index contributed by atoms with van der Waals surface area (Å²) in [6, 6.07) is 3.54. The molecule has 1 aromatic rings. The first-order valence-electron chi connectivity index (χ1n) is 12.0. The van der Waals surface area contributed by atoms with Gasteiger partial charge in [0.1, 0.15) is 5.82 Å². The average Bonchev–Trinajstić information content (AvgIpc) is 2.76. The van der Waals surface area contributed by atoms with Crippen molar-refractivity contribution in [2.24, 2.45) is 0 Å². The molecule has 0 atom stereocenters. The van der Waals surface area contributed by atoms with Crippen LogP contribution in [0.2, 0.25) is 0 Å². The lowest BCUT2D eigenvalue weighted by atomic mass is 10.0. The molecule has 0 bridgehead atoms. The Bertz CT molecular complexity index is 666.